The molecule has 0 spiro atoms. The van der Waals surface area contributed by atoms with Crippen molar-refractivity contribution in [1.82, 2.24) is 10.2 Å². The van der Waals surface area contributed by atoms with Crippen LogP contribution in [0.2, 0.25) is 5.02 Å². The number of benzene rings is 1. The van der Waals surface area contributed by atoms with E-state index < -0.39 is 0 Å². The molecule has 108 valence electrons. The van der Waals surface area contributed by atoms with E-state index in [0.29, 0.717) is 35.5 Å². The Morgan fingerprint density at radius 3 is 3.10 bits per heavy atom. The highest BCUT2D eigenvalue weighted by atomic mass is 35.5. The van der Waals surface area contributed by atoms with E-state index in [1.807, 2.05) is 19.2 Å². The summed E-state index contributed by atoms with van der Waals surface area (Å²) in [6.07, 6.45) is 1.48. The molecule has 5 nitrogen and oxygen atoms in total. The van der Waals surface area contributed by atoms with Gasteiger partial charge in [0.05, 0.1) is 5.02 Å². The van der Waals surface area contributed by atoms with Crippen LogP contribution in [0.4, 0.5) is 0 Å². The van der Waals surface area contributed by atoms with Gasteiger partial charge in [-0.25, -0.2) is 0 Å². The molecule has 1 unspecified atom stereocenters. The fourth-order valence-corrected chi connectivity index (χ4v) is 2.85. The zero-order valence-corrected chi connectivity index (χ0v) is 12.1. The minimum absolute atomic E-state index is 0.217. The lowest BCUT2D eigenvalue weighted by molar-refractivity contribution is -0.132. The average molecular weight is 297 g/mol. The van der Waals surface area contributed by atoms with E-state index in [-0.39, 0.29) is 12.7 Å². The van der Waals surface area contributed by atoms with Crippen molar-refractivity contribution in [1.29, 1.82) is 0 Å². The summed E-state index contributed by atoms with van der Waals surface area (Å²) in [6, 6.07) is 4.15. The Hall–Kier alpha value is -1.46. The number of hydrogen-bond donors (Lipinski definition) is 1. The molecule has 0 saturated carbocycles. The molecule has 1 atom stereocenters. The fraction of sp³-hybridized carbons (Fsp3) is 0.500. The van der Waals surface area contributed by atoms with Gasteiger partial charge >= 0.3 is 0 Å². The highest BCUT2D eigenvalue weighted by Crippen LogP contribution is 2.39. The Morgan fingerprint density at radius 2 is 2.30 bits per heavy atom. The molecule has 6 heteroatoms. The maximum atomic E-state index is 11.4. The van der Waals surface area contributed by atoms with Gasteiger partial charge in [-0.05, 0) is 24.1 Å². The van der Waals surface area contributed by atoms with E-state index in [1.165, 1.54) is 0 Å². The normalized spacial score (nSPS) is 21.4. The maximum absolute atomic E-state index is 11.4. The Labute approximate surface area is 122 Å². The Balaban J connectivity index is 1.62. The molecule has 1 fully saturated rings. The minimum atomic E-state index is 0.217. The molecular formula is C14H17ClN2O3. The van der Waals surface area contributed by atoms with Crippen molar-refractivity contribution in [2.24, 2.45) is 0 Å². The predicted octanol–water partition coefficient (Wildman–Crippen LogP) is 1.78. The molecule has 2 aliphatic heterocycles. The second-order valence-electron chi connectivity index (χ2n) is 5.20. The molecule has 0 radical (unpaired) electrons. The molecule has 1 N–H and O–H groups in total. The van der Waals surface area contributed by atoms with Crippen molar-refractivity contribution in [3.05, 3.63) is 22.7 Å². The summed E-state index contributed by atoms with van der Waals surface area (Å²) in [7, 11) is 1.84. The first-order valence-corrected chi connectivity index (χ1v) is 7.06. The third-order valence-electron chi connectivity index (χ3n) is 3.71. The Kier molecular flexibility index (Phi) is 3.72. The van der Waals surface area contributed by atoms with Crippen molar-refractivity contribution >= 4 is 17.5 Å². The molecule has 1 aromatic carbocycles. The highest BCUT2D eigenvalue weighted by Gasteiger charge is 2.23. The Morgan fingerprint density at radius 1 is 1.45 bits per heavy atom. The zero-order valence-electron chi connectivity index (χ0n) is 11.3. The molecular weight excluding hydrogens is 280 g/mol. The van der Waals surface area contributed by atoms with Gasteiger partial charge in [0.25, 0.3) is 0 Å². The van der Waals surface area contributed by atoms with Crippen molar-refractivity contribution in [3.8, 4) is 11.5 Å². The smallest absolute Gasteiger partial charge is 0.231 e. The monoisotopic (exact) mass is 296 g/mol. The second-order valence-corrected chi connectivity index (χ2v) is 5.61. The molecule has 2 aliphatic rings. The average Bonchev–Trinajstić information content (AvgIpc) is 2.89. The molecule has 2 heterocycles. The summed E-state index contributed by atoms with van der Waals surface area (Å²) in [5.74, 6) is 1.54. The van der Waals surface area contributed by atoms with Crippen LogP contribution in [0.25, 0.3) is 0 Å². The van der Waals surface area contributed by atoms with Gasteiger partial charge in [-0.2, -0.15) is 0 Å². The molecule has 1 aromatic rings. The number of carbonyl (C=O) groups excluding carboxylic acids is 1. The number of carbonyl (C=O) groups is 1. The number of halogens is 1. The second kappa shape index (κ2) is 5.50. The first-order valence-electron chi connectivity index (χ1n) is 6.69. The van der Waals surface area contributed by atoms with Crippen molar-refractivity contribution < 1.29 is 14.3 Å². The number of piperidine rings is 1. The molecule has 1 saturated heterocycles. The SMILES string of the molecule is CN1CC(NCc2cc(Cl)c3c(c2)OCO3)CCC1=O. The molecule has 3 rings (SSSR count). The number of likely N-dealkylation sites (N-methyl/N-ethyl adjacent to an activating group) is 1. The van der Waals surface area contributed by atoms with Gasteiger partial charge in [-0.15, -0.1) is 0 Å². The van der Waals surface area contributed by atoms with Gasteiger partial charge < -0.3 is 19.7 Å². The highest BCUT2D eigenvalue weighted by molar-refractivity contribution is 6.32. The number of ether oxygens (including phenoxy) is 2. The predicted molar refractivity (Wildman–Crippen MR) is 75.1 cm³/mol. The quantitative estimate of drug-likeness (QED) is 0.924. The summed E-state index contributed by atoms with van der Waals surface area (Å²) in [5, 5.41) is 4.03. The van der Waals surface area contributed by atoms with Crippen LogP contribution in [0.5, 0.6) is 11.5 Å². The number of nitrogens with one attached hydrogen (secondary N) is 1. The molecule has 1 amide bonds. The topological polar surface area (TPSA) is 50.8 Å². The first-order chi connectivity index (χ1) is 9.63. The summed E-state index contributed by atoms with van der Waals surface area (Å²) >= 11 is 6.15. The van der Waals surface area contributed by atoms with E-state index in [4.69, 9.17) is 21.1 Å². The van der Waals surface area contributed by atoms with Crippen molar-refractivity contribution in [2.75, 3.05) is 20.4 Å². The van der Waals surface area contributed by atoms with Crippen molar-refractivity contribution in [3.63, 3.8) is 0 Å². The number of nitrogens with zero attached hydrogens (tertiary/aromatic N) is 1. The van der Waals surface area contributed by atoms with Gasteiger partial charge in [0, 0.05) is 32.6 Å². The van der Waals surface area contributed by atoms with Gasteiger partial charge in [0.15, 0.2) is 11.5 Å². The van der Waals surface area contributed by atoms with Gasteiger partial charge in [0.1, 0.15) is 0 Å². The van der Waals surface area contributed by atoms with Gasteiger partial charge in [-0.3, -0.25) is 4.79 Å². The molecule has 0 aromatic heterocycles. The molecule has 0 bridgehead atoms. The van der Waals surface area contributed by atoms with E-state index in [2.05, 4.69) is 5.32 Å². The number of hydrogen-bond acceptors (Lipinski definition) is 4. The number of likely N-dealkylation sites (tertiary alicyclic amines) is 1. The minimum Gasteiger partial charge on any atom is -0.454 e. The Bertz CT molecular complexity index is 535. The van der Waals surface area contributed by atoms with Crippen LogP contribution in [-0.2, 0) is 11.3 Å². The van der Waals surface area contributed by atoms with Gasteiger partial charge in [0.2, 0.25) is 12.7 Å². The van der Waals surface area contributed by atoms with Crippen LogP contribution in [-0.4, -0.2) is 37.2 Å². The first kappa shape index (κ1) is 13.5. The lowest BCUT2D eigenvalue weighted by atomic mass is 10.1. The van der Waals surface area contributed by atoms with Crippen molar-refractivity contribution in [2.45, 2.75) is 25.4 Å². The lowest BCUT2D eigenvalue weighted by Crippen LogP contribution is -2.46. The largest absolute Gasteiger partial charge is 0.454 e. The maximum Gasteiger partial charge on any atom is 0.231 e. The van der Waals surface area contributed by atoms with E-state index >= 15 is 0 Å². The summed E-state index contributed by atoms with van der Waals surface area (Å²) in [4.78, 5) is 13.2. The van der Waals surface area contributed by atoms with Crippen LogP contribution >= 0.6 is 11.6 Å². The fourth-order valence-electron chi connectivity index (χ4n) is 2.56. The number of amides is 1. The summed E-state index contributed by atoms with van der Waals surface area (Å²) in [6.45, 7) is 1.67. The third-order valence-corrected chi connectivity index (χ3v) is 3.99. The lowest BCUT2D eigenvalue weighted by Gasteiger charge is -2.30. The number of rotatable bonds is 3. The zero-order chi connectivity index (χ0) is 14.1. The van der Waals surface area contributed by atoms with Gasteiger partial charge in [-0.1, -0.05) is 11.6 Å². The van der Waals surface area contributed by atoms with E-state index in [9.17, 15) is 4.79 Å². The van der Waals surface area contributed by atoms with Crippen LogP contribution in [0.15, 0.2) is 12.1 Å². The van der Waals surface area contributed by atoms with Crippen LogP contribution in [0.1, 0.15) is 18.4 Å². The summed E-state index contributed by atoms with van der Waals surface area (Å²) in [5.41, 5.74) is 1.05. The van der Waals surface area contributed by atoms with E-state index in [1.54, 1.807) is 4.90 Å². The summed E-state index contributed by atoms with van der Waals surface area (Å²) < 4.78 is 10.6. The van der Waals surface area contributed by atoms with Crippen LogP contribution in [0.3, 0.4) is 0 Å². The molecule has 0 aliphatic carbocycles. The molecule has 20 heavy (non-hydrogen) atoms. The number of fused-ring (bicyclic) bond motifs is 1. The van der Waals surface area contributed by atoms with Crippen LogP contribution < -0.4 is 14.8 Å². The standard InChI is InChI=1S/C14H17ClN2O3/c1-17-7-10(2-3-13(17)18)16-6-9-4-11(15)14-12(5-9)19-8-20-14/h4-5,10,16H,2-3,6-8H2,1H3. The third kappa shape index (κ3) is 2.69. The van der Waals surface area contributed by atoms with Crippen LogP contribution in [0, 0.1) is 0 Å². The van der Waals surface area contributed by atoms with E-state index in [0.717, 1.165) is 18.5 Å².